The largest absolute Gasteiger partial charge is 0.489 e. The third-order valence-corrected chi connectivity index (χ3v) is 3.98. The molecule has 21 heavy (non-hydrogen) atoms. The van der Waals surface area contributed by atoms with Crippen molar-refractivity contribution in [3.8, 4) is 17.2 Å². The fourth-order valence-electron chi connectivity index (χ4n) is 2.30. The summed E-state index contributed by atoms with van der Waals surface area (Å²) in [5.41, 5.74) is -0.376. The third kappa shape index (κ3) is 2.77. The molecule has 0 heterocycles. The zero-order valence-electron chi connectivity index (χ0n) is 12.2. The van der Waals surface area contributed by atoms with E-state index in [0.29, 0.717) is 6.42 Å². The molecule has 1 saturated carbocycles. The van der Waals surface area contributed by atoms with E-state index in [4.69, 9.17) is 9.47 Å². The summed E-state index contributed by atoms with van der Waals surface area (Å²) in [4.78, 5) is 11.5. The maximum absolute atomic E-state index is 11.5. The Labute approximate surface area is 124 Å². The summed E-state index contributed by atoms with van der Waals surface area (Å²) in [6.45, 7) is 3.85. The summed E-state index contributed by atoms with van der Waals surface area (Å²) in [5.74, 6) is 2.59. The maximum Gasteiger partial charge on any atom is 0.145 e. The Morgan fingerprint density at radius 1 is 0.905 bits per heavy atom. The van der Waals surface area contributed by atoms with Crippen LogP contribution in [-0.4, -0.2) is 11.9 Å². The summed E-state index contributed by atoms with van der Waals surface area (Å²) >= 11 is 0. The van der Waals surface area contributed by atoms with Gasteiger partial charge in [-0.3, -0.25) is 4.79 Å². The number of hydrogen-bond acceptors (Lipinski definition) is 3. The molecule has 0 amide bonds. The van der Waals surface area contributed by atoms with Crippen LogP contribution in [0.15, 0.2) is 54.6 Å². The quantitative estimate of drug-likeness (QED) is 0.842. The molecule has 0 radical (unpaired) electrons. The number of rotatable bonds is 4. The van der Waals surface area contributed by atoms with Gasteiger partial charge >= 0.3 is 0 Å². The van der Waals surface area contributed by atoms with E-state index in [0.717, 1.165) is 17.2 Å². The fourth-order valence-corrected chi connectivity index (χ4v) is 2.30. The molecule has 1 aliphatic rings. The van der Waals surface area contributed by atoms with Crippen molar-refractivity contribution in [2.75, 3.05) is 0 Å². The van der Waals surface area contributed by atoms with Gasteiger partial charge in [-0.15, -0.1) is 0 Å². The fraction of sp³-hybridized carbons (Fsp3) is 0.278. The molecular formula is C18H18O3. The van der Waals surface area contributed by atoms with Gasteiger partial charge in [0.15, 0.2) is 0 Å². The van der Waals surface area contributed by atoms with Crippen LogP contribution in [0, 0.1) is 5.41 Å². The average Bonchev–Trinajstić information content (AvgIpc) is 2.50. The SMILES string of the molecule is CC1(C)C(=O)CC1Oc1ccc(Oc2ccccc2)cc1. The summed E-state index contributed by atoms with van der Waals surface area (Å²) in [6.07, 6.45) is 0.459. The zero-order chi connectivity index (χ0) is 14.9. The normalized spacial score (nSPS) is 19.7. The molecule has 3 heteroatoms. The minimum absolute atomic E-state index is 0.0362. The molecule has 1 fully saturated rings. The lowest BCUT2D eigenvalue weighted by Gasteiger charge is -2.41. The van der Waals surface area contributed by atoms with Crippen molar-refractivity contribution in [1.82, 2.24) is 0 Å². The van der Waals surface area contributed by atoms with Gasteiger partial charge in [-0.25, -0.2) is 0 Å². The molecule has 0 saturated heterocycles. The number of ketones is 1. The Hall–Kier alpha value is -2.29. The second kappa shape index (κ2) is 5.24. The maximum atomic E-state index is 11.5. The molecule has 1 unspecified atom stereocenters. The van der Waals surface area contributed by atoms with Gasteiger partial charge in [0.2, 0.25) is 0 Å². The van der Waals surface area contributed by atoms with Gasteiger partial charge < -0.3 is 9.47 Å². The second-order valence-corrected chi connectivity index (χ2v) is 5.84. The van der Waals surface area contributed by atoms with Crippen LogP contribution >= 0.6 is 0 Å². The van der Waals surface area contributed by atoms with Crippen molar-refractivity contribution in [1.29, 1.82) is 0 Å². The monoisotopic (exact) mass is 282 g/mol. The first kappa shape index (κ1) is 13.7. The number of para-hydroxylation sites is 1. The molecule has 2 aromatic carbocycles. The van der Waals surface area contributed by atoms with Gasteiger partial charge in [-0.05, 0) is 50.2 Å². The highest BCUT2D eigenvalue weighted by Crippen LogP contribution is 2.39. The van der Waals surface area contributed by atoms with E-state index in [-0.39, 0.29) is 17.3 Å². The van der Waals surface area contributed by atoms with Crippen LogP contribution in [0.25, 0.3) is 0 Å². The van der Waals surface area contributed by atoms with E-state index in [1.54, 1.807) is 0 Å². The predicted molar refractivity (Wildman–Crippen MR) is 80.8 cm³/mol. The average molecular weight is 282 g/mol. The van der Waals surface area contributed by atoms with Crippen molar-refractivity contribution < 1.29 is 14.3 Å². The van der Waals surface area contributed by atoms with Gasteiger partial charge in [-0.1, -0.05) is 18.2 Å². The lowest BCUT2D eigenvalue weighted by atomic mass is 9.68. The van der Waals surface area contributed by atoms with E-state index in [1.165, 1.54) is 0 Å². The first-order valence-electron chi connectivity index (χ1n) is 7.08. The molecule has 2 aromatic rings. The van der Waals surface area contributed by atoms with E-state index >= 15 is 0 Å². The Morgan fingerprint density at radius 3 is 2.05 bits per heavy atom. The Bertz CT molecular complexity index is 629. The molecule has 3 nitrogen and oxygen atoms in total. The topological polar surface area (TPSA) is 35.5 Å². The molecule has 0 aliphatic heterocycles. The molecule has 0 bridgehead atoms. The predicted octanol–water partition coefficient (Wildman–Crippen LogP) is 4.23. The van der Waals surface area contributed by atoms with E-state index in [1.807, 2.05) is 68.4 Å². The first-order valence-corrected chi connectivity index (χ1v) is 7.08. The second-order valence-electron chi connectivity index (χ2n) is 5.84. The summed E-state index contributed by atoms with van der Waals surface area (Å²) < 4.78 is 11.6. The third-order valence-electron chi connectivity index (χ3n) is 3.98. The van der Waals surface area contributed by atoms with Gasteiger partial charge in [0, 0.05) is 6.42 Å². The Balaban J connectivity index is 1.64. The lowest BCUT2D eigenvalue weighted by Crippen LogP contribution is -2.52. The highest BCUT2D eigenvalue weighted by molar-refractivity contribution is 5.91. The van der Waals surface area contributed by atoms with Gasteiger partial charge in [0.1, 0.15) is 29.1 Å². The minimum atomic E-state index is -0.376. The van der Waals surface area contributed by atoms with Crippen LogP contribution in [0.3, 0.4) is 0 Å². The van der Waals surface area contributed by atoms with Crippen molar-refractivity contribution in [3.05, 3.63) is 54.6 Å². The molecule has 108 valence electrons. The molecule has 1 atom stereocenters. The van der Waals surface area contributed by atoms with Crippen LogP contribution in [0.5, 0.6) is 17.2 Å². The van der Waals surface area contributed by atoms with Gasteiger partial charge in [0.05, 0.1) is 5.41 Å². The van der Waals surface area contributed by atoms with Crippen LogP contribution in [0.1, 0.15) is 20.3 Å². The van der Waals surface area contributed by atoms with Crippen molar-refractivity contribution in [2.24, 2.45) is 5.41 Å². The van der Waals surface area contributed by atoms with Crippen molar-refractivity contribution in [3.63, 3.8) is 0 Å². The number of carbonyl (C=O) groups excluding carboxylic acids is 1. The smallest absolute Gasteiger partial charge is 0.145 e. The minimum Gasteiger partial charge on any atom is -0.489 e. The van der Waals surface area contributed by atoms with Crippen molar-refractivity contribution in [2.45, 2.75) is 26.4 Å². The number of benzene rings is 2. The van der Waals surface area contributed by atoms with E-state index in [2.05, 4.69) is 0 Å². The van der Waals surface area contributed by atoms with Gasteiger partial charge in [0.25, 0.3) is 0 Å². The zero-order valence-corrected chi connectivity index (χ0v) is 12.2. The number of ether oxygens (including phenoxy) is 2. The van der Waals surface area contributed by atoms with Crippen LogP contribution in [0.4, 0.5) is 0 Å². The van der Waals surface area contributed by atoms with Crippen molar-refractivity contribution >= 4 is 5.78 Å². The number of Topliss-reactive ketones (excluding diaryl/α,β-unsaturated/α-hetero) is 1. The Morgan fingerprint density at radius 2 is 1.48 bits per heavy atom. The number of carbonyl (C=O) groups is 1. The highest BCUT2D eigenvalue weighted by atomic mass is 16.5. The van der Waals surface area contributed by atoms with Crippen LogP contribution in [0.2, 0.25) is 0 Å². The molecule has 0 aromatic heterocycles. The highest BCUT2D eigenvalue weighted by Gasteiger charge is 2.49. The molecule has 1 aliphatic carbocycles. The number of hydrogen-bond donors (Lipinski definition) is 0. The molecule has 0 N–H and O–H groups in total. The summed E-state index contributed by atoms with van der Waals surface area (Å²) in [7, 11) is 0. The van der Waals surface area contributed by atoms with E-state index < -0.39 is 0 Å². The van der Waals surface area contributed by atoms with Crippen LogP contribution < -0.4 is 9.47 Å². The summed E-state index contributed by atoms with van der Waals surface area (Å²) in [5, 5.41) is 0. The van der Waals surface area contributed by atoms with Gasteiger partial charge in [-0.2, -0.15) is 0 Å². The summed E-state index contributed by atoms with van der Waals surface area (Å²) in [6, 6.07) is 17.1. The first-order chi connectivity index (χ1) is 10.1. The molecular weight excluding hydrogens is 264 g/mol. The van der Waals surface area contributed by atoms with Crippen LogP contribution in [-0.2, 0) is 4.79 Å². The molecule has 0 spiro atoms. The lowest BCUT2D eigenvalue weighted by molar-refractivity contribution is -0.148. The molecule has 3 rings (SSSR count). The van der Waals surface area contributed by atoms with E-state index in [9.17, 15) is 4.79 Å². The Kier molecular flexibility index (Phi) is 3.42. The standard InChI is InChI=1S/C18H18O3/c1-18(2)16(19)12-17(18)21-15-10-8-14(9-11-15)20-13-6-4-3-5-7-13/h3-11,17H,12H2,1-2H3.